The molecule has 0 bridgehead atoms. The number of anilines is 1. The summed E-state index contributed by atoms with van der Waals surface area (Å²) >= 11 is 1.62. The summed E-state index contributed by atoms with van der Waals surface area (Å²) in [6, 6.07) is 9.30. The van der Waals surface area contributed by atoms with E-state index < -0.39 is 0 Å². The SMILES string of the molecule is Nc1cccc(OCCNC(=O)c2cc3c(s2)CCC3)c1. The van der Waals surface area contributed by atoms with E-state index in [0.29, 0.717) is 18.8 Å². The molecule has 0 saturated carbocycles. The van der Waals surface area contributed by atoms with Crippen molar-refractivity contribution in [2.45, 2.75) is 19.3 Å². The number of amides is 1. The van der Waals surface area contributed by atoms with Gasteiger partial charge in [0.05, 0.1) is 11.4 Å². The molecule has 0 radical (unpaired) electrons. The van der Waals surface area contributed by atoms with Gasteiger partial charge in [-0.2, -0.15) is 0 Å². The summed E-state index contributed by atoms with van der Waals surface area (Å²) in [5, 5.41) is 2.89. The minimum Gasteiger partial charge on any atom is -0.492 e. The monoisotopic (exact) mass is 302 g/mol. The lowest BCUT2D eigenvalue weighted by Gasteiger charge is -2.07. The number of benzene rings is 1. The highest BCUT2D eigenvalue weighted by Crippen LogP contribution is 2.30. The molecule has 0 atom stereocenters. The predicted molar refractivity (Wildman–Crippen MR) is 85.0 cm³/mol. The van der Waals surface area contributed by atoms with E-state index in [4.69, 9.17) is 10.5 Å². The molecule has 1 aromatic heterocycles. The van der Waals surface area contributed by atoms with Gasteiger partial charge in [0, 0.05) is 16.6 Å². The van der Waals surface area contributed by atoms with Crippen LogP contribution >= 0.6 is 11.3 Å². The molecule has 3 rings (SSSR count). The number of nitrogen functional groups attached to an aromatic ring is 1. The Morgan fingerprint density at radius 3 is 3.05 bits per heavy atom. The Labute approximate surface area is 127 Å². The lowest BCUT2D eigenvalue weighted by Crippen LogP contribution is -2.27. The average molecular weight is 302 g/mol. The molecule has 1 aliphatic rings. The topological polar surface area (TPSA) is 64.3 Å². The summed E-state index contributed by atoms with van der Waals surface area (Å²) in [5.74, 6) is 0.713. The highest BCUT2D eigenvalue weighted by molar-refractivity contribution is 7.14. The Morgan fingerprint density at radius 1 is 1.33 bits per heavy atom. The van der Waals surface area contributed by atoms with Gasteiger partial charge in [-0.15, -0.1) is 11.3 Å². The average Bonchev–Trinajstić information content (AvgIpc) is 3.04. The van der Waals surface area contributed by atoms with Crippen molar-refractivity contribution in [2.24, 2.45) is 0 Å². The highest BCUT2D eigenvalue weighted by atomic mass is 32.1. The Bertz CT molecular complexity index is 630. The van der Waals surface area contributed by atoms with Gasteiger partial charge in [0.15, 0.2) is 0 Å². The fourth-order valence-corrected chi connectivity index (χ4v) is 3.64. The van der Waals surface area contributed by atoms with Crippen LogP contribution in [-0.4, -0.2) is 19.1 Å². The zero-order valence-corrected chi connectivity index (χ0v) is 12.5. The van der Waals surface area contributed by atoms with Crippen LogP contribution in [-0.2, 0) is 12.8 Å². The van der Waals surface area contributed by atoms with E-state index in [9.17, 15) is 4.79 Å². The fraction of sp³-hybridized carbons (Fsp3) is 0.312. The van der Waals surface area contributed by atoms with Gasteiger partial charge in [0.25, 0.3) is 5.91 Å². The molecule has 21 heavy (non-hydrogen) atoms. The predicted octanol–water partition coefficient (Wildman–Crippen LogP) is 2.63. The maximum absolute atomic E-state index is 12.0. The summed E-state index contributed by atoms with van der Waals surface area (Å²) in [5.41, 5.74) is 7.69. The third-order valence-corrected chi connectivity index (χ3v) is 4.72. The van der Waals surface area contributed by atoms with E-state index >= 15 is 0 Å². The number of fused-ring (bicyclic) bond motifs is 1. The first-order valence-electron chi connectivity index (χ1n) is 7.10. The molecule has 0 saturated heterocycles. The third-order valence-electron chi connectivity index (χ3n) is 3.48. The van der Waals surface area contributed by atoms with E-state index in [1.54, 1.807) is 17.4 Å². The smallest absolute Gasteiger partial charge is 0.261 e. The van der Waals surface area contributed by atoms with Crippen molar-refractivity contribution in [2.75, 3.05) is 18.9 Å². The number of thiophene rings is 1. The standard InChI is InChI=1S/C16H18N2O2S/c17-12-4-2-5-13(10-12)20-8-7-18-16(19)15-9-11-3-1-6-14(11)21-15/h2,4-5,9-10H,1,3,6-8,17H2,(H,18,19). The molecule has 0 spiro atoms. The summed E-state index contributed by atoms with van der Waals surface area (Å²) in [4.78, 5) is 14.2. The number of nitrogens with one attached hydrogen (secondary N) is 1. The molecule has 0 aliphatic heterocycles. The lowest BCUT2D eigenvalue weighted by atomic mass is 10.2. The van der Waals surface area contributed by atoms with Crippen LogP contribution in [0.25, 0.3) is 0 Å². The molecule has 0 unspecified atom stereocenters. The van der Waals surface area contributed by atoms with Gasteiger partial charge in [-0.25, -0.2) is 0 Å². The van der Waals surface area contributed by atoms with Gasteiger partial charge in [-0.05, 0) is 43.0 Å². The Hall–Kier alpha value is -2.01. The molecule has 110 valence electrons. The van der Waals surface area contributed by atoms with Crippen molar-refractivity contribution >= 4 is 22.9 Å². The first kappa shape index (κ1) is 13.9. The normalized spacial score (nSPS) is 13.0. The number of rotatable bonds is 5. The van der Waals surface area contributed by atoms with Gasteiger partial charge in [-0.3, -0.25) is 4.79 Å². The Balaban J connectivity index is 1.45. The number of aryl methyl sites for hydroxylation is 2. The van der Waals surface area contributed by atoms with Gasteiger partial charge in [-0.1, -0.05) is 6.07 Å². The summed E-state index contributed by atoms with van der Waals surface area (Å²) < 4.78 is 5.54. The van der Waals surface area contributed by atoms with Crippen LogP contribution < -0.4 is 15.8 Å². The van der Waals surface area contributed by atoms with Crippen molar-refractivity contribution in [1.29, 1.82) is 0 Å². The number of ether oxygens (including phenoxy) is 1. The largest absolute Gasteiger partial charge is 0.492 e. The van der Waals surface area contributed by atoms with E-state index in [1.807, 2.05) is 24.3 Å². The quantitative estimate of drug-likeness (QED) is 0.659. The number of hydrogen-bond donors (Lipinski definition) is 2. The molecular formula is C16H18N2O2S. The van der Waals surface area contributed by atoms with Gasteiger partial charge in [0.2, 0.25) is 0 Å². The van der Waals surface area contributed by atoms with E-state index in [-0.39, 0.29) is 5.91 Å². The highest BCUT2D eigenvalue weighted by Gasteiger charge is 2.18. The Kier molecular flexibility index (Phi) is 4.10. The van der Waals surface area contributed by atoms with Crippen molar-refractivity contribution < 1.29 is 9.53 Å². The van der Waals surface area contributed by atoms with Crippen LogP contribution in [0.5, 0.6) is 5.75 Å². The number of carbonyl (C=O) groups is 1. The summed E-state index contributed by atoms with van der Waals surface area (Å²) in [7, 11) is 0. The van der Waals surface area contributed by atoms with E-state index in [0.717, 1.165) is 23.5 Å². The third kappa shape index (κ3) is 3.36. The summed E-state index contributed by atoms with van der Waals surface area (Å²) in [6.07, 6.45) is 3.45. The van der Waals surface area contributed by atoms with Crippen LogP contribution in [0.15, 0.2) is 30.3 Å². The molecule has 1 aliphatic carbocycles. The lowest BCUT2D eigenvalue weighted by molar-refractivity contribution is 0.0951. The van der Waals surface area contributed by atoms with Crippen molar-refractivity contribution in [1.82, 2.24) is 5.32 Å². The van der Waals surface area contributed by atoms with Gasteiger partial charge >= 0.3 is 0 Å². The fourth-order valence-electron chi connectivity index (χ4n) is 2.47. The van der Waals surface area contributed by atoms with Gasteiger partial charge < -0.3 is 15.8 Å². The number of nitrogens with two attached hydrogens (primary N) is 1. The molecule has 4 nitrogen and oxygen atoms in total. The number of hydrogen-bond acceptors (Lipinski definition) is 4. The van der Waals surface area contributed by atoms with Gasteiger partial charge in [0.1, 0.15) is 12.4 Å². The molecule has 5 heteroatoms. The van der Waals surface area contributed by atoms with Crippen molar-refractivity contribution in [3.05, 3.63) is 45.6 Å². The first-order chi connectivity index (χ1) is 10.2. The zero-order chi connectivity index (χ0) is 14.7. The molecule has 1 amide bonds. The molecular weight excluding hydrogens is 284 g/mol. The van der Waals surface area contributed by atoms with Crippen molar-refractivity contribution in [3.63, 3.8) is 0 Å². The molecule has 0 fully saturated rings. The van der Waals surface area contributed by atoms with Crippen LogP contribution in [0.1, 0.15) is 26.5 Å². The molecule has 1 heterocycles. The van der Waals surface area contributed by atoms with E-state index in [1.165, 1.54) is 16.9 Å². The second kappa shape index (κ2) is 6.18. The summed E-state index contributed by atoms with van der Waals surface area (Å²) in [6.45, 7) is 0.913. The second-order valence-electron chi connectivity index (χ2n) is 5.09. The van der Waals surface area contributed by atoms with Crippen LogP contribution in [0.3, 0.4) is 0 Å². The molecule has 2 aromatic rings. The first-order valence-corrected chi connectivity index (χ1v) is 7.92. The second-order valence-corrected chi connectivity index (χ2v) is 6.23. The maximum atomic E-state index is 12.0. The molecule has 1 aromatic carbocycles. The molecule has 3 N–H and O–H groups in total. The van der Waals surface area contributed by atoms with Crippen LogP contribution in [0.2, 0.25) is 0 Å². The maximum Gasteiger partial charge on any atom is 0.261 e. The zero-order valence-electron chi connectivity index (χ0n) is 11.7. The van der Waals surface area contributed by atoms with Crippen LogP contribution in [0, 0.1) is 0 Å². The number of carbonyl (C=O) groups excluding carboxylic acids is 1. The van der Waals surface area contributed by atoms with Crippen LogP contribution in [0.4, 0.5) is 5.69 Å². The minimum atomic E-state index is -0.00873. The minimum absolute atomic E-state index is 0.00873. The Morgan fingerprint density at radius 2 is 2.24 bits per heavy atom. The van der Waals surface area contributed by atoms with Crippen molar-refractivity contribution in [3.8, 4) is 5.75 Å². The van der Waals surface area contributed by atoms with E-state index in [2.05, 4.69) is 5.32 Å².